The zero-order valence-electron chi connectivity index (χ0n) is 13.8. The van der Waals surface area contributed by atoms with Crippen molar-refractivity contribution in [3.63, 3.8) is 0 Å². The number of aromatic nitrogens is 1. The van der Waals surface area contributed by atoms with E-state index < -0.39 is 5.60 Å². The van der Waals surface area contributed by atoms with E-state index in [4.69, 9.17) is 16.9 Å². The predicted octanol–water partition coefficient (Wildman–Crippen LogP) is 3.83. The molecule has 1 N–H and O–H groups in total. The number of hydrogen-bond acceptors (Lipinski definition) is 4. The van der Waals surface area contributed by atoms with Crippen molar-refractivity contribution in [2.75, 3.05) is 18.0 Å². The molecule has 2 heterocycles. The fraction of sp³-hybridized carbons (Fsp3) is 0.368. The Morgan fingerprint density at radius 2 is 2.12 bits per heavy atom. The van der Waals surface area contributed by atoms with Gasteiger partial charge in [0.15, 0.2) is 0 Å². The topological polar surface area (TPSA) is 60.1 Å². The Balaban J connectivity index is 1.73. The number of benzene rings is 1. The lowest BCUT2D eigenvalue weighted by atomic mass is 9.98. The number of rotatable bonds is 3. The first kappa shape index (κ1) is 16.8. The molecule has 1 aliphatic heterocycles. The molecule has 0 spiro atoms. The van der Waals surface area contributed by atoms with E-state index in [1.807, 2.05) is 24.4 Å². The predicted molar refractivity (Wildman–Crippen MR) is 95.2 cm³/mol. The van der Waals surface area contributed by atoms with Gasteiger partial charge in [-0.15, -0.1) is 0 Å². The molecular formula is C19H20ClN3O. The molecule has 0 radical (unpaired) electrons. The zero-order valence-corrected chi connectivity index (χ0v) is 14.6. The van der Waals surface area contributed by atoms with Gasteiger partial charge in [-0.2, -0.15) is 5.26 Å². The van der Waals surface area contributed by atoms with Crippen molar-refractivity contribution in [1.29, 1.82) is 5.26 Å². The molecule has 2 aromatic rings. The van der Waals surface area contributed by atoms with E-state index in [-0.39, 0.29) is 0 Å². The molecule has 0 aliphatic carbocycles. The number of hydrogen-bond donors (Lipinski definition) is 1. The molecule has 1 fully saturated rings. The molecule has 0 bridgehead atoms. The Hall–Kier alpha value is -2.09. The Morgan fingerprint density at radius 1 is 1.33 bits per heavy atom. The highest BCUT2D eigenvalue weighted by atomic mass is 35.5. The molecule has 1 saturated heterocycles. The third-order valence-electron chi connectivity index (χ3n) is 4.51. The normalized spacial score (nSPS) is 17.8. The highest BCUT2D eigenvalue weighted by molar-refractivity contribution is 6.32. The van der Waals surface area contributed by atoms with Crippen LogP contribution in [0.1, 0.15) is 43.0 Å². The Labute approximate surface area is 147 Å². The summed E-state index contributed by atoms with van der Waals surface area (Å²) in [7, 11) is 0. The van der Waals surface area contributed by atoms with Gasteiger partial charge in [0.1, 0.15) is 11.7 Å². The molecule has 1 aliphatic rings. The van der Waals surface area contributed by atoms with Crippen LogP contribution in [0, 0.1) is 11.3 Å². The van der Waals surface area contributed by atoms with Crippen LogP contribution in [0.15, 0.2) is 36.5 Å². The monoisotopic (exact) mass is 341 g/mol. The van der Waals surface area contributed by atoms with Gasteiger partial charge in [-0.05, 0) is 50.1 Å². The molecule has 1 aromatic heterocycles. The lowest BCUT2D eigenvalue weighted by molar-refractivity contribution is 0.0738. The quantitative estimate of drug-likeness (QED) is 0.921. The van der Waals surface area contributed by atoms with E-state index in [1.54, 1.807) is 19.9 Å². The average molecular weight is 342 g/mol. The summed E-state index contributed by atoms with van der Waals surface area (Å²) in [6, 6.07) is 11.6. The van der Waals surface area contributed by atoms with Crippen molar-refractivity contribution in [3.8, 4) is 6.07 Å². The zero-order chi connectivity index (χ0) is 17.3. The minimum Gasteiger partial charge on any atom is -0.384 e. The van der Waals surface area contributed by atoms with Crippen LogP contribution in [-0.2, 0) is 5.60 Å². The first-order valence-corrected chi connectivity index (χ1v) is 8.39. The summed E-state index contributed by atoms with van der Waals surface area (Å²) in [5.41, 5.74) is 2.50. The number of anilines is 1. The van der Waals surface area contributed by atoms with Gasteiger partial charge in [-0.25, -0.2) is 0 Å². The smallest absolute Gasteiger partial charge is 0.101 e. The molecule has 1 unspecified atom stereocenters. The molecule has 24 heavy (non-hydrogen) atoms. The van der Waals surface area contributed by atoms with Crippen LogP contribution in [0.25, 0.3) is 0 Å². The molecule has 1 atom stereocenters. The van der Waals surface area contributed by atoms with Crippen molar-refractivity contribution < 1.29 is 5.11 Å². The van der Waals surface area contributed by atoms with Crippen LogP contribution in [-0.4, -0.2) is 23.2 Å². The van der Waals surface area contributed by atoms with Crippen LogP contribution < -0.4 is 4.90 Å². The van der Waals surface area contributed by atoms with Crippen LogP contribution in [0.2, 0.25) is 5.02 Å². The highest BCUT2D eigenvalue weighted by Gasteiger charge is 2.25. The number of halogens is 1. The Kier molecular flexibility index (Phi) is 4.49. The van der Waals surface area contributed by atoms with Crippen LogP contribution >= 0.6 is 11.6 Å². The largest absolute Gasteiger partial charge is 0.384 e. The second-order valence-corrected chi connectivity index (χ2v) is 7.15. The highest BCUT2D eigenvalue weighted by Crippen LogP contribution is 2.32. The van der Waals surface area contributed by atoms with Crippen LogP contribution in [0.4, 0.5) is 5.69 Å². The molecule has 3 rings (SSSR count). The molecule has 124 valence electrons. The fourth-order valence-corrected chi connectivity index (χ4v) is 3.28. The fourth-order valence-electron chi connectivity index (χ4n) is 3.07. The summed E-state index contributed by atoms with van der Waals surface area (Å²) in [6.07, 6.45) is 2.91. The Morgan fingerprint density at radius 3 is 2.71 bits per heavy atom. The van der Waals surface area contributed by atoms with E-state index in [9.17, 15) is 5.11 Å². The molecular weight excluding hydrogens is 322 g/mol. The number of aliphatic hydroxyl groups is 1. The van der Waals surface area contributed by atoms with Gasteiger partial charge in [0, 0.05) is 30.9 Å². The van der Waals surface area contributed by atoms with E-state index >= 15 is 0 Å². The maximum Gasteiger partial charge on any atom is 0.101 e. The standard InChI is InChI=1S/C19H20ClN3O/c1-19(2,24)18-6-4-14(11-22-18)15-7-8-23(12-15)16-5-3-13(10-21)17(20)9-16/h3-6,9,11,15,24H,7-8,12H2,1-2H3. The third-order valence-corrected chi connectivity index (χ3v) is 4.82. The van der Waals surface area contributed by atoms with Crippen molar-refractivity contribution in [2.24, 2.45) is 0 Å². The van der Waals surface area contributed by atoms with Gasteiger partial charge < -0.3 is 10.0 Å². The number of nitrogens with zero attached hydrogens (tertiary/aromatic N) is 3. The maximum atomic E-state index is 10.00. The van der Waals surface area contributed by atoms with Crippen molar-refractivity contribution in [1.82, 2.24) is 4.98 Å². The maximum absolute atomic E-state index is 10.00. The summed E-state index contributed by atoms with van der Waals surface area (Å²) < 4.78 is 0. The summed E-state index contributed by atoms with van der Waals surface area (Å²) in [5.74, 6) is 0.405. The van der Waals surface area contributed by atoms with Crippen LogP contribution in [0.5, 0.6) is 0 Å². The van der Waals surface area contributed by atoms with Gasteiger partial charge >= 0.3 is 0 Å². The summed E-state index contributed by atoms with van der Waals surface area (Å²) in [4.78, 5) is 6.68. The third kappa shape index (κ3) is 3.38. The van der Waals surface area contributed by atoms with Gasteiger partial charge in [-0.1, -0.05) is 17.7 Å². The van der Waals surface area contributed by atoms with E-state index in [0.717, 1.165) is 25.2 Å². The minimum absolute atomic E-state index is 0.405. The van der Waals surface area contributed by atoms with E-state index in [1.165, 1.54) is 5.56 Å². The first-order chi connectivity index (χ1) is 11.4. The molecule has 5 heteroatoms. The summed E-state index contributed by atoms with van der Waals surface area (Å²) >= 11 is 6.14. The lowest BCUT2D eigenvalue weighted by Gasteiger charge is -2.20. The summed E-state index contributed by atoms with van der Waals surface area (Å²) in [6.45, 7) is 5.31. The molecule has 0 amide bonds. The first-order valence-electron chi connectivity index (χ1n) is 8.02. The summed E-state index contributed by atoms with van der Waals surface area (Å²) in [5, 5.41) is 19.5. The average Bonchev–Trinajstić information content (AvgIpc) is 3.04. The SMILES string of the molecule is CC(C)(O)c1ccc(C2CCN(c3ccc(C#N)c(Cl)c3)C2)cn1. The number of nitriles is 1. The minimum atomic E-state index is -0.917. The van der Waals surface area contributed by atoms with Gasteiger partial charge in [0.2, 0.25) is 0 Å². The van der Waals surface area contributed by atoms with Crippen LogP contribution in [0.3, 0.4) is 0 Å². The van der Waals surface area contributed by atoms with E-state index in [2.05, 4.69) is 22.0 Å². The lowest BCUT2D eigenvalue weighted by Crippen LogP contribution is -2.19. The van der Waals surface area contributed by atoms with Gasteiger partial charge in [0.05, 0.1) is 16.3 Å². The van der Waals surface area contributed by atoms with E-state index in [0.29, 0.717) is 22.2 Å². The van der Waals surface area contributed by atoms with Gasteiger partial charge in [-0.3, -0.25) is 4.98 Å². The molecule has 4 nitrogen and oxygen atoms in total. The number of pyridine rings is 1. The molecule has 1 aromatic carbocycles. The molecule has 0 saturated carbocycles. The van der Waals surface area contributed by atoms with Gasteiger partial charge in [0.25, 0.3) is 0 Å². The second-order valence-electron chi connectivity index (χ2n) is 6.74. The second kappa shape index (κ2) is 6.43. The van der Waals surface area contributed by atoms with Crippen molar-refractivity contribution in [2.45, 2.75) is 31.8 Å². The van der Waals surface area contributed by atoms with Crippen molar-refractivity contribution in [3.05, 3.63) is 58.4 Å². The van der Waals surface area contributed by atoms with Crippen molar-refractivity contribution >= 4 is 17.3 Å². The Bertz CT molecular complexity index is 775.